The first kappa shape index (κ1) is 6.01. The predicted molar refractivity (Wildman–Crippen MR) is 27.4 cm³/mol. The molecule has 3 nitrogen and oxygen atoms in total. The molecule has 0 aromatic heterocycles. The lowest BCUT2D eigenvalue weighted by Crippen LogP contribution is -2.27. The lowest BCUT2D eigenvalue weighted by Gasteiger charge is -2.07. The molecule has 1 aliphatic heterocycles. The van der Waals surface area contributed by atoms with Crippen molar-refractivity contribution in [2.24, 2.45) is 0 Å². The van der Waals surface area contributed by atoms with Gasteiger partial charge >= 0.3 is 0 Å². The van der Waals surface area contributed by atoms with Gasteiger partial charge in [0.25, 0.3) is 0 Å². The molecular formula is C5H10O3. The van der Waals surface area contributed by atoms with E-state index in [-0.39, 0.29) is 12.7 Å². The first-order valence-corrected chi connectivity index (χ1v) is 2.69. The molecule has 1 heterocycles. The number of aliphatic hydroxyl groups excluding tert-OH is 2. The van der Waals surface area contributed by atoms with E-state index in [9.17, 15) is 0 Å². The van der Waals surface area contributed by atoms with Gasteiger partial charge in [-0.05, 0) is 6.92 Å². The summed E-state index contributed by atoms with van der Waals surface area (Å²) >= 11 is 0. The fraction of sp³-hybridized carbons (Fsp3) is 1.00. The van der Waals surface area contributed by atoms with E-state index in [0.717, 1.165) is 0 Å². The SMILES string of the molecule is C[C@H]1OCC(O)[C@H]1O. The van der Waals surface area contributed by atoms with E-state index in [1.54, 1.807) is 6.92 Å². The van der Waals surface area contributed by atoms with Gasteiger partial charge in [0.05, 0.1) is 12.7 Å². The van der Waals surface area contributed by atoms with Crippen molar-refractivity contribution >= 4 is 0 Å². The molecule has 1 fully saturated rings. The van der Waals surface area contributed by atoms with Crippen molar-refractivity contribution in [1.82, 2.24) is 0 Å². The van der Waals surface area contributed by atoms with Crippen molar-refractivity contribution in [2.75, 3.05) is 6.61 Å². The summed E-state index contributed by atoms with van der Waals surface area (Å²) in [4.78, 5) is 0. The minimum atomic E-state index is -0.685. The summed E-state index contributed by atoms with van der Waals surface area (Å²) in [6, 6.07) is 0. The molecule has 0 radical (unpaired) electrons. The topological polar surface area (TPSA) is 49.7 Å². The Morgan fingerprint density at radius 1 is 1.50 bits per heavy atom. The van der Waals surface area contributed by atoms with E-state index in [2.05, 4.69) is 0 Å². The van der Waals surface area contributed by atoms with Crippen molar-refractivity contribution < 1.29 is 14.9 Å². The average Bonchev–Trinajstić information content (AvgIpc) is 1.98. The van der Waals surface area contributed by atoms with Crippen LogP contribution in [0.1, 0.15) is 6.92 Å². The summed E-state index contributed by atoms with van der Waals surface area (Å²) < 4.78 is 4.88. The van der Waals surface area contributed by atoms with Gasteiger partial charge in [0.1, 0.15) is 12.2 Å². The summed E-state index contributed by atoms with van der Waals surface area (Å²) in [7, 11) is 0. The van der Waals surface area contributed by atoms with Crippen LogP contribution in [-0.2, 0) is 4.74 Å². The number of hydrogen-bond acceptors (Lipinski definition) is 3. The second kappa shape index (κ2) is 2.01. The van der Waals surface area contributed by atoms with Crippen LogP contribution >= 0.6 is 0 Å². The van der Waals surface area contributed by atoms with E-state index >= 15 is 0 Å². The Morgan fingerprint density at radius 3 is 2.25 bits per heavy atom. The summed E-state index contributed by atoms with van der Waals surface area (Å²) in [5, 5.41) is 17.7. The maximum atomic E-state index is 8.89. The zero-order valence-electron chi connectivity index (χ0n) is 4.74. The van der Waals surface area contributed by atoms with Crippen molar-refractivity contribution in [2.45, 2.75) is 25.2 Å². The van der Waals surface area contributed by atoms with E-state index in [1.165, 1.54) is 0 Å². The highest BCUT2D eigenvalue weighted by Crippen LogP contribution is 2.12. The van der Waals surface area contributed by atoms with E-state index in [0.29, 0.717) is 0 Å². The minimum absolute atomic E-state index is 0.204. The normalized spacial score (nSPS) is 47.6. The van der Waals surface area contributed by atoms with Crippen LogP contribution in [0.2, 0.25) is 0 Å². The summed E-state index contributed by atoms with van der Waals surface area (Å²) in [5.41, 5.74) is 0. The highest BCUT2D eigenvalue weighted by atomic mass is 16.5. The van der Waals surface area contributed by atoms with Crippen LogP contribution in [0.5, 0.6) is 0 Å². The van der Waals surface area contributed by atoms with Gasteiger partial charge < -0.3 is 14.9 Å². The Kier molecular flexibility index (Phi) is 1.51. The molecule has 2 N–H and O–H groups in total. The number of rotatable bonds is 0. The summed E-state index contributed by atoms with van der Waals surface area (Å²) in [6.07, 6.45) is -1.56. The smallest absolute Gasteiger partial charge is 0.108 e. The first-order chi connectivity index (χ1) is 3.72. The largest absolute Gasteiger partial charge is 0.388 e. The van der Waals surface area contributed by atoms with Gasteiger partial charge in [0.15, 0.2) is 0 Å². The molecule has 0 amide bonds. The molecule has 3 heteroatoms. The Hall–Kier alpha value is -0.120. The van der Waals surface area contributed by atoms with E-state index in [1.807, 2.05) is 0 Å². The standard InChI is InChI=1S/C5H10O3/c1-3-5(7)4(6)2-8-3/h3-7H,2H2,1H3/t3-,4?,5+/m1/s1. The predicted octanol–water partition coefficient (Wildman–Crippen LogP) is -0.873. The fourth-order valence-electron chi connectivity index (χ4n) is 0.760. The van der Waals surface area contributed by atoms with Gasteiger partial charge in [-0.25, -0.2) is 0 Å². The third-order valence-electron chi connectivity index (χ3n) is 1.41. The van der Waals surface area contributed by atoms with Crippen molar-refractivity contribution in [1.29, 1.82) is 0 Å². The monoisotopic (exact) mass is 118 g/mol. The second-order valence-corrected chi connectivity index (χ2v) is 2.10. The van der Waals surface area contributed by atoms with Crippen molar-refractivity contribution in [3.05, 3.63) is 0 Å². The van der Waals surface area contributed by atoms with E-state index < -0.39 is 12.2 Å². The number of hydrogen-bond donors (Lipinski definition) is 2. The van der Waals surface area contributed by atoms with Crippen molar-refractivity contribution in [3.63, 3.8) is 0 Å². The van der Waals surface area contributed by atoms with Crippen LogP contribution in [-0.4, -0.2) is 35.1 Å². The van der Waals surface area contributed by atoms with Crippen LogP contribution in [0.25, 0.3) is 0 Å². The average molecular weight is 118 g/mol. The Balaban J connectivity index is 2.44. The first-order valence-electron chi connectivity index (χ1n) is 2.69. The molecule has 1 aliphatic rings. The highest BCUT2D eigenvalue weighted by molar-refractivity contribution is 4.79. The zero-order valence-corrected chi connectivity index (χ0v) is 4.74. The van der Waals surface area contributed by atoms with Crippen LogP contribution in [0.4, 0.5) is 0 Å². The maximum Gasteiger partial charge on any atom is 0.108 e. The molecule has 1 unspecified atom stereocenters. The quantitative estimate of drug-likeness (QED) is 0.434. The molecule has 0 aliphatic carbocycles. The second-order valence-electron chi connectivity index (χ2n) is 2.10. The van der Waals surface area contributed by atoms with E-state index in [4.69, 9.17) is 14.9 Å². The summed E-state index contributed by atoms with van der Waals surface area (Å²) in [5.74, 6) is 0. The van der Waals surface area contributed by atoms with Gasteiger partial charge in [-0.3, -0.25) is 0 Å². The number of aliphatic hydroxyl groups is 2. The van der Waals surface area contributed by atoms with Gasteiger partial charge in [-0.1, -0.05) is 0 Å². The molecule has 0 spiro atoms. The molecule has 1 saturated heterocycles. The van der Waals surface area contributed by atoms with Gasteiger partial charge in [-0.15, -0.1) is 0 Å². The molecular weight excluding hydrogens is 108 g/mol. The third-order valence-corrected chi connectivity index (χ3v) is 1.41. The molecule has 0 bridgehead atoms. The Labute approximate surface area is 47.9 Å². The molecule has 0 aromatic rings. The van der Waals surface area contributed by atoms with Gasteiger partial charge in [0.2, 0.25) is 0 Å². The van der Waals surface area contributed by atoms with Crippen molar-refractivity contribution in [3.8, 4) is 0 Å². The fourth-order valence-corrected chi connectivity index (χ4v) is 0.760. The maximum absolute atomic E-state index is 8.89. The highest BCUT2D eigenvalue weighted by Gasteiger charge is 2.30. The Morgan fingerprint density at radius 2 is 2.12 bits per heavy atom. The molecule has 1 rings (SSSR count). The molecule has 48 valence electrons. The molecule has 0 saturated carbocycles. The Bertz CT molecular complexity index is 73.7. The van der Waals surface area contributed by atoms with Gasteiger partial charge in [0, 0.05) is 0 Å². The third kappa shape index (κ3) is 0.844. The zero-order chi connectivity index (χ0) is 6.15. The van der Waals surface area contributed by atoms with Gasteiger partial charge in [-0.2, -0.15) is 0 Å². The lowest BCUT2D eigenvalue weighted by atomic mass is 10.2. The van der Waals surface area contributed by atoms with Crippen LogP contribution < -0.4 is 0 Å². The minimum Gasteiger partial charge on any atom is -0.388 e. The van der Waals surface area contributed by atoms with Crippen LogP contribution in [0, 0.1) is 0 Å². The van der Waals surface area contributed by atoms with Crippen LogP contribution in [0.3, 0.4) is 0 Å². The molecule has 3 atom stereocenters. The molecule has 8 heavy (non-hydrogen) atoms. The molecule has 0 aromatic carbocycles. The number of ether oxygens (including phenoxy) is 1. The lowest BCUT2D eigenvalue weighted by molar-refractivity contribution is 0.0318. The summed E-state index contributed by atoms with van der Waals surface area (Å²) in [6.45, 7) is 2.00. The van der Waals surface area contributed by atoms with Crippen LogP contribution in [0.15, 0.2) is 0 Å².